The third kappa shape index (κ3) is 4.32. The molecule has 1 aliphatic heterocycles. The van der Waals surface area contributed by atoms with Gasteiger partial charge in [-0.05, 0) is 37.3 Å². The second-order valence-corrected chi connectivity index (χ2v) is 8.07. The number of nitrogens with one attached hydrogen (secondary N) is 4. The third-order valence-corrected chi connectivity index (χ3v) is 5.90. The Kier molecular flexibility index (Phi) is 5.35. The Morgan fingerprint density at radius 2 is 2.31 bits per heavy atom. The zero-order valence-electron chi connectivity index (χ0n) is 14.2. The standard InChI is InChI=1S/C17H21ClN6OS/c18-11-2-4-15(19-8-11)23-17-22-13(9-26-17)6-16(25)21-12-3-1-10-7-20-24-14(10)5-12/h2,4,8-10,12,14,20,24H,1,3,5-7H2,(H,21,25)(H,19,22,23). The van der Waals surface area contributed by atoms with Crippen molar-refractivity contribution in [3.8, 4) is 0 Å². The van der Waals surface area contributed by atoms with Crippen molar-refractivity contribution >= 4 is 39.8 Å². The van der Waals surface area contributed by atoms with Crippen molar-refractivity contribution in [2.24, 2.45) is 5.92 Å². The van der Waals surface area contributed by atoms with Crippen LogP contribution >= 0.6 is 22.9 Å². The molecule has 7 nitrogen and oxygen atoms in total. The highest BCUT2D eigenvalue weighted by Crippen LogP contribution is 2.27. The molecule has 0 radical (unpaired) electrons. The van der Waals surface area contributed by atoms with Gasteiger partial charge in [0.25, 0.3) is 0 Å². The second kappa shape index (κ2) is 7.87. The summed E-state index contributed by atoms with van der Waals surface area (Å²) < 4.78 is 0. The predicted molar refractivity (Wildman–Crippen MR) is 103 cm³/mol. The number of carbonyl (C=O) groups excluding carboxylic acids is 1. The Hall–Kier alpha value is -1.74. The van der Waals surface area contributed by atoms with Crippen LogP contribution in [0.3, 0.4) is 0 Å². The van der Waals surface area contributed by atoms with E-state index in [-0.39, 0.29) is 11.9 Å². The molecule has 26 heavy (non-hydrogen) atoms. The van der Waals surface area contributed by atoms with Crippen LogP contribution in [0.25, 0.3) is 0 Å². The second-order valence-electron chi connectivity index (χ2n) is 6.78. The number of rotatable bonds is 5. The monoisotopic (exact) mass is 392 g/mol. The molecule has 1 saturated carbocycles. The first kappa shape index (κ1) is 17.7. The van der Waals surface area contributed by atoms with Crippen molar-refractivity contribution in [2.75, 3.05) is 11.9 Å². The molecule has 3 heterocycles. The summed E-state index contributed by atoms with van der Waals surface area (Å²) >= 11 is 7.29. The topological polar surface area (TPSA) is 91.0 Å². The summed E-state index contributed by atoms with van der Waals surface area (Å²) in [6, 6.07) is 4.27. The average Bonchev–Trinajstić information content (AvgIpc) is 3.25. The number of pyridine rings is 1. The largest absolute Gasteiger partial charge is 0.353 e. The molecule has 0 spiro atoms. The van der Waals surface area contributed by atoms with Gasteiger partial charge in [-0.1, -0.05) is 11.6 Å². The number of nitrogens with zero attached hydrogens (tertiary/aromatic N) is 2. The van der Waals surface area contributed by atoms with Crippen LogP contribution in [0, 0.1) is 5.92 Å². The van der Waals surface area contributed by atoms with Crippen molar-refractivity contribution in [1.82, 2.24) is 26.1 Å². The van der Waals surface area contributed by atoms with Crippen LogP contribution in [0.4, 0.5) is 10.9 Å². The van der Waals surface area contributed by atoms with Crippen molar-refractivity contribution < 1.29 is 4.79 Å². The lowest BCUT2D eigenvalue weighted by atomic mass is 9.83. The van der Waals surface area contributed by atoms with Crippen LogP contribution in [0.1, 0.15) is 25.0 Å². The van der Waals surface area contributed by atoms with Gasteiger partial charge in [-0.25, -0.2) is 9.97 Å². The van der Waals surface area contributed by atoms with Crippen molar-refractivity contribution in [2.45, 2.75) is 37.8 Å². The number of fused-ring (bicyclic) bond motifs is 1. The van der Waals surface area contributed by atoms with E-state index in [0.29, 0.717) is 34.4 Å². The van der Waals surface area contributed by atoms with Gasteiger partial charge >= 0.3 is 0 Å². The summed E-state index contributed by atoms with van der Waals surface area (Å²) in [5.41, 5.74) is 7.28. The maximum Gasteiger partial charge on any atom is 0.226 e. The lowest BCUT2D eigenvalue weighted by Gasteiger charge is -2.31. The van der Waals surface area contributed by atoms with Gasteiger partial charge < -0.3 is 10.6 Å². The van der Waals surface area contributed by atoms with Gasteiger partial charge in [0, 0.05) is 30.2 Å². The molecule has 9 heteroatoms. The number of amides is 1. The van der Waals surface area contributed by atoms with Crippen molar-refractivity contribution in [3.05, 3.63) is 34.4 Å². The first-order valence-electron chi connectivity index (χ1n) is 8.76. The molecular formula is C17H21ClN6OS. The van der Waals surface area contributed by atoms with E-state index in [1.165, 1.54) is 11.3 Å². The molecule has 1 saturated heterocycles. The molecule has 2 aromatic rings. The highest BCUT2D eigenvalue weighted by atomic mass is 35.5. The van der Waals surface area contributed by atoms with Gasteiger partial charge in [-0.3, -0.25) is 15.6 Å². The van der Waals surface area contributed by atoms with Gasteiger partial charge in [-0.2, -0.15) is 0 Å². The minimum Gasteiger partial charge on any atom is -0.353 e. The van der Waals surface area contributed by atoms with Crippen molar-refractivity contribution in [1.29, 1.82) is 0 Å². The SMILES string of the molecule is O=C(Cc1csc(Nc2ccc(Cl)cn2)n1)NC1CCC2CNNC2C1. The number of hydrogen-bond donors (Lipinski definition) is 4. The zero-order valence-corrected chi connectivity index (χ0v) is 15.7. The fraction of sp³-hybridized carbons (Fsp3) is 0.471. The molecule has 0 bridgehead atoms. The molecule has 3 unspecified atom stereocenters. The van der Waals surface area contributed by atoms with E-state index in [0.717, 1.165) is 31.5 Å². The van der Waals surface area contributed by atoms with E-state index in [2.05, 4.69) is 31.5 Å². The van der Waals surface area contributed by atoms with Crippen LogP contribution in [0.2, 0.25) is 5.02 Å². The van der Waals surface area contributed by atoms with Gasteiger partial charge in [-0.15, -0.1) is 11.3 Å². The number of hydrogen-bond acceptors (Lipinski definition) is 7. The summed E-state index contributed by atoms with van der Waals surface area (Å²) in [4.78, 5) is 21.0. The molecule has 0 aromatic carbocycles. The number of hydrazine groups is 1. The Bertz CT molecular complexity index is 767. The fourth-order valence-electron chi connectivity index (χ4n) is 3.55. The number of carbonyl (C=O) groups is 1. The first-order valence-corrected chi connectivity index (χ1v) is 10.0. The zero-order chi connectivity index (χ0) is 17.9. The van der Waals surface area contributed by atoms with Crippen LogP contribution in [-0.4, -0.2) is 34.5 Å². The molecule has 138 valence electrons. The molecular weight excluding hydrogens is 372 g/mol. The van der Waals surface area contributed by atoms with Gasteiger partial charge in [0.15, 0.2) is 5.13 Å². The maximum absolute atomic E-state index is 12.3. The minimum atomic E-state index is 0.0286. The molecule has 2 aromatic heterocycles. The average molecular weight is 393 g/mol. The van der Waals surface area contributed by atoms with Crippen LogP contribution in [0.5, 0.6) is 0 Å². The van der Waals surface area contributed by atoms with E-state index in [4.69, 9.17) is 11.6 Å². The molecule has 2 fully saturated rings. The normalized spacial score (nSPS) is 24.9. The molecule has 3 atom stereocenters. The maximum atomic E-state index is 12.3. The quantitative estimate of drug-likeness (QED) is 0.623. The molecule has 1 amide bonds. The van der Waals surface area contributed by atoms with Crippen molar-refractivity contribution in [3.63, 3.8) is 0 Å². The summed E-state index contributed by atoms with van der Waals surface area (Å²) in [5, 5.41) is 9.48. The molecule has 4 N–H and O–H groups in total. The first-order chi connectivity index (χ1) is 12.7. The third-order valence-electron chi connectivity index (χ3n) is 4.87. The number of aromatic nitrogens is 2. The Labute approximate surface area is 160 Å². The van der Waals surface area contributed by atoms with Crippen LogP contribution < -0.4 is 21.5 Å². The predicted octanol–water partition coefficient (Wildman–Crippen LogP) is 2.24. The Morgan fingerprint density at radius 3 is 3.15 bits per heavy atom. The van der Waals surface area contributed by atoms with E-state index in [1.54, 1.807) is 18.3 Å². The molecule has 4 rings (SSSR count). The number of halogens is 1. The summed E-state index contributed by atoms with van der Waals surface area (Å²) in [6.07, 6.45) is 5.05. The number of anilines is 2. The highest BCUT2D eigenvalue weighted by molar-refractivity contribution is 7.13. The van der Waals surface area contributed by atoms with E-state index >= 15 is 0 Å². The molecule has 1 aliphatic carbocycles. The van der Waals surface area contributed by atoms with Gasteiger partial charge in [0.05, 0.1) is 17.1 Å². The molecule has 2 aliphatic rings. The van der Waals surface area contributed by atoms with E-state index < -0.39 is 0 Å². The van der Waals surface area contributed by atoms with E-state index in [9.17, 15) is 4.79 Å². The summed E-state index contributed by atoms with van der Waals surface area (Å²) in [6.45, 7) is 1.03. The lowest BCUT2D eigenvalue weighted by molar-refractivity contribution is -0.121. The smallest absolute Gasteiger partial charge is 0.226 e. The van der Waals surface area contributed by atoms with E-state index in [1.807, 2.05) is 5.38 Å². The van der Waals surface area contributed by atoms with Crippen LogP contribution in [0.15, 0.2) is 23.7 Å². The summed E-state index contributed by atoms with van der Waals surface area (Å²) in [5.74, 6) is 1.40. The summed E-state index contributed by atoms with van der Waals surface area (Å²) in [7, 11) is 0. The minimum absolute atomic E-state index is 0.0286. The Morgan fingerprint density at radius 1 is 1.38 bits per heavy atom. The Balaban J connectivity index is 1.28. The fourth-order valence-corrected chi connectivity index (χ4v) is 4.38. The number of thiazole rings is 1. The van der Waals surface area contributed by atoms with Gasteiger partial charge in [0.1, 0.15) is 5.82 Å². The lowest BCUT2D eigenvalue weighted by Crippen LogP contribution is -2.45. The van der Waals surface area contributed by atoms with Crippen LogP contribution in [-0.2, 0) is 11.2 Å². The van der Waals surface area contributed by atoms with Gasteiger partial charge in [0.2, 0.25) is 5.91 Å². The highest BCUT2D eigenvalue weighted by Gasteiger charge is 2.34.